The number of rotatable bonds is 2. The van der Waals surface area contributed by atoms with Crippen molar-refractivity contribution in [3.63, 3.8) is 0 Å². The molecule has 84 valence electrons. The van der Waals surface area contributed by atoms with Crippen LogP contribution in [0.2, 0.25) is 5.15 Å². The normalized spacial score (nSPS) is 10.5. The summed E-state index contributed by atoms with van der Waals surface area (Å²) < 4.78 is 34.2. The molecular formula is C9H6ClF2N3S. The Morgan fingerprint density at radius 1 is 1.25 bits per heavy atom. The van der Waals surface area contributed by atoms with E-state index in [1.165, 1.54) is 6.92 Å². The van der Waals surface area contributed by atoms with Crippen LogP contribution in [0.4, 0.5) is 20.3 Å². The van der Waals surface area contributed by atoms with Gasteiger partial charge in [0, 0.05) is 6.07 Å². The van der Waals surface area contributed by atoms with E-state index < -0.39 is 11.6 Å². The van der Waals surface area contributed by atoms with Crippen LogP contribution in [0.15, 0.2) is 12.1 Å². The first-order valence-electron chi connectivity index (χ1n) is 4.28. The van der Waals surface area contributed by atoms with E-state index in [4.69, 9.17) is 11.6 Å². The quantitative estimate of drug-likeness (QED) is 0.899. The van der Waals surface area contributed by atoms with Gasteiger partial charge in [0.05, 0.1) is 17.4 Å². The molecule has 0 spiro atoms. The summed E-state index contributed by atoms with van der Waals surface area (Å²) in [7, 11) is 0. The highest BCUT2D eigenvalue weighted by molar-refractivity contribution is 6.99. The van der Waals surface area contributed by atoms with Crippen LogP contribution >= 0.6 is 23.3 Å². The van der Waals surface area contributed by atoms with E-state index in [0.717, 1.165) is 23.9 Å². The molecule has 0 aliphatic rings. The molecule has 7 heteroatoms. The van der Waals surface area contributed by atoms with Crippen LogP contribution in [-0.4, -0.2) is 8.75 Å². The van der Waals surface area contributed by atoms with Gasteiger partial charge in [-0.15, -0.1) is 0 Å². The van der Waals surface area contributed by atoms with E-state index in [1.54, 1.807) is 0 Å². The van der Waals surface area contributed by atoms with Crippen molar-refractivity contribution in [3.8, 4) is 0 Å². The molecule has 0 radical (unpaired) electrons. The Bertz CT molecular complexity index is 529. The van der Waals surface area contributed by atoms with E-state index in [1.807, 2.05) is 0 Å². The number of nitrogens with zero attached hydrogens (tertiary/aromatic N) is 2. The van der Waals surface area contributed by atoms with Crippen LogP contribution in [0.5, 0.6) is 0 Å². The second kappa shape index (κ2) is 4.31. The molecule has 3 nitrogen and oxygen atoms in total. The summed E-state index contributed by atoms with van der Waals surface area (Å²) in [6.07, 6.45) is 0. The fourth-order valence-electron chi connectivity index (χ4n) is 1.12. The summed E-state index contributed by atoms with van der Waals surface area (Å²) in [6, 6.07) is 2.16. The van der Waals surface area contributed by atoms with Crippen LogP contribution in [0.1, 0.15) is 5.56 Å². The van der Waals surface area contributed by atoms with Gasteiger partial charge in [-0.05, 0) is 18.6 Å². The number of nitrogens with one attached hydrogen (secondary N) is 1. The third kappa shape index (κ3) is 2.12. The maximum atomic E-state index is 13.4. The Morgan fingerprint density at radius 3 is 2.62 bits per heavy atom. The smallest absolute Gasteiger partial charge is 0.187 e. The minimum absolute atomic E-state index is 0.0160. The number of hydrogen-bond acceptors (Lipinski definition) is 4. The average Bonchev–Trinajstić information content (AvgIpc) is 2.61. The predicted octanol–water partition coefficient (Wildman–Crippen LogP) is 3.52. The van der Waals surface area contributed by atoms with Crippen molar-refractivity contribution in [2.45, 2.75) is 6.92 Å². The first kappa shape index (κ1) is 11.2. The molecule has 0 atom stereocenters. The molecular weight excluding hydrogens is 256 g/mol. The van der Waals surface area contributed by atoms with Gasteiger partial charge in [0.1, 0.15) is 11.6 Å². The molecule has 0 unspecified atom stereocenters. The molecule has 1 heterocycles. The van der Waals surface area contributed by atoms with Gasteiger partial charge in [-0.1, -0.05) is 11.6 Å². The molecule has 16 heavy (non-hydrogen) atoms. The van der Waals surface area contributed by atoms with Gasteiger partial charge in [0.15, 0.2) is 11.0 Å². The Kier molecular flexibility index (Phi) is 3.02. The number of halogens is 3. The fraction of sp³-hybridized carbons (Fsp3) is 0.111. The summed E-state index contributed by atoms with van der Waals surface area (Å²) in [5.41, 5.74) is 0.225. The Hall–Kier alpha value is -1.27. The summed E-state index contributed by atoms with van der Waals surface area (Å²) >= 11 is 6.56. The standard InChI is InChI=1S/C9H6ClF2N3S/c1-4-2-6(12)7(3-5(4)11)13-9-8(10)14-16-15-9/h2-3H,1H3,(H,13,15). The Labute approximate surface area is 99.4 Å². The van der Waals surface area contributed by atoms with Crippen molar-refractivity contribution in [1.29, 1.82) is 0 Å². The summed E-state index contributed by atoms with van der Waals surface area (Å²) in [5.74, 6) is -0.847. The van der Waals surface area contributed by atoms with Gasteiger partial charge in [0.25, 0.3) is 0 Å². The number of benzene rings is 1. The van der Waals surface area contributed by atoms with E-state index in [9.17, 15) is 8.78 Å². The Morgan fingerprint density at radius 2 is 2.00 bits per heavy atom. The number of hydrogen-bond donors (Lipinski definition) is 1. The minimum atomic E-state index is -0.567. The first-order valence-corrected chi connectivity index (χ1v) is 5.39. The van der Waals surface area contributed by atoms with Gasteiger partial charge in [-0.25, -0.2) is 8.78 Å². The second-order valence-electron chi connectivity index (χ2n) is 3.11. The maximum absolute atomic E-state index is 13.4. The molecule has 2 aromatic rings. The highest BCUT2D eigenvalue weighted by atomic mass is 35.5. The van der Waals surface area contributed by atoms with Crippen LogP contribution in [-0.2, 0) is 0 Å². The van der Waals surface area contributed by atoms with E-state index >= 15 is 0 Å². The van der Waals surface area contributed by atoms with Gasteiger partial charge in [-0.3, -0.25) is 0 Å². The predicted molar refractivity (Wildman–Crippen MR) is 59.3 cm³/mol. The zero-order chi connectivity index (χ0) is 11.7. The van der Waals surface area contributed by atoms with Crippen molar-refractivity contribution in [1.82, 2.24) is 8.75 Å². The number of aromatic nitrogens is 2. The van der Waals surface area contributed by atoms with Crippen molar-refractivity contribution in [2.75, 3.05) is 5.32 Å². The lowest BCUT2D eigenvalue weighted by Crippen LogP contribution is -1.97. The van der Waals surface area contributed by atoms with Gasteiger partial charge < -0.3 is 5.32 Å². The van der Waals surface area contributed by atoms with Crippen LogP contribution in [0.3, 0.4) is 0 Å². The van der Waals surface area contributed by atoms with Crippen molar-refractivity contribution < 1.29 is 8.78 Å². The average molecular weight is 262 g/mol. The van der Waals surface area contributed by atoms with Crippen LogP contribution in [0, 0.1) is 18.6 Å². The molecule has 0 fully saturated rings. The second-order valence-corrected chi connectivity index (χ2v) is 4.00. The molecule has 0 aliphatic carbocycles. The highest BCUT2D eigenvalue weighted by Gasteiger charge is 2.11. The number of anilines is 2. The minimum Gasteiger partial charge on any atom is -0.334 e. The highest BCUT2D eigenvalue weighted by Crippen LogP contribution is 2.26. The topological polar surface area (TPSA) is 37.8 Å². The maximum Gasteiger partial charge on any atom is 0.187 e. The summed E-state index contributed by atoms with van der Waals surface area (Å²) in [6.45, 7) is 1.49. The van der Waals surface area contributed by atoms with Gasteiger partial charge >= 0.3 is 0 Å². The van der Waals surface area contributed by atoms with Gasteiger partial charge in [0.2, 0.25) is 0 Å². The lowest BCUT2D eigenvalue weighted by Gasteiger charge is -2.06. The third-order valence-corrected chi connectivity index (χ3v) is 2.84. The number of aryl methyl sites for hydroxylation is 1. The largest absolute Gasteiger partial charge is 0.334 e. The van der Waals surface area contributed by atoms with Crippen molar-refractivity contribution in [3.05, 3.63) is 34.5 Å². The SMILES string of the molecule is Cc1cc(F)c(Nc2nsnc2Cl)cc1F. The van der Waals surface area contributed by atoms with Gasteiger partial charge in [-0.2, -0.15) is 8.75 Å². The molecule has 2 rings (SSSR count). The summed E-state index contributed by atoms with van der Waals surface area (Å²) in [4.78, 5) is 0. The molecule has 0 saturated carbocycles. The Balaban J connectivity index is 2.35. The van der Waals surface area contributed by atoms with Crippen LogP contribution in [0.25, 0.3) is 0 Å². The van der Waals surface area contributed by atoms with E-state index in [0.29, 0.717) is 0 Å². The molecule has 0 amide bonds. The first-order chi connectivity index (χ1) is 7.58. The van der Waals surface area contributed by atoms with Crippen molar-refractivity contribution in [2.24, 2.45) is 0 Å². The molecule has 1 aromatic heterocycles. The lowest BCUT2D eigenvalue weighted by molar-refractivity contribution is 0.595. The fourth-order valence-corrected chi connectivity index (χ4v) is 1.77. The van der Waals surface area contributed by atoms with Crippen molar-refractivity contribution >= 4 is 34.8 Å². The third-order valence-electron chi connectivity index (χ3n) is 1.95. The molecule has 1 N–H and O–H groups in total. The monoisotopic (exact) mass is 261 g/mol. The molecule has 0 aliphatic heterocycles. The molecule has 1 aromatic carbocycles. The zero-order valence-electron chi connectivity index (χ0n) is 8.09. The van der Waals surface area contributed by atoms with E-state index in [2.05, 4.69) is 14.1 Å². The molecule has 0 bridgehead atoms. The van der Waals surface area contributed by atoms with Crippen LogP contribution < -0.4 is 5.32 Å². The molecule has 0 saturated heterocycles. The van der Waals surface area contributed by atoms with E-state index in [-0.39, 0.29) is 22.2 Å². The summed E-state index contributed by atoms with van der Waals surface area (Å²) in [5, 5.41) is 2.71. The lowest BCUT2D eigenvalue weighted by atomic mass is 10.2. The zero-order valence-corrected chi connectivity index (χ0v) is 9.66.